The van der Waals surface area contributed by atoms with Gasteiger partial charge < -0.3 is 15.8 Å². The summed E-state index contributed by atoms with van der Waals surface area (Å²) in [7, 11) is 0. The molecule has 1 aliphatic carbocycles. The summed E-state index contributed by atoms with van der Waals surface area (Å²) in [5.41, 5.74) is 6.01. The van der Waals surface area contributed by atoms with E-state index < -0.39 is 0 Å². The van der Waals surface area contributed by atoms with Gasteiger partial charge in [0.25, 0.3) is 0 Å². The number of halogens is 3. The van der Waals surface area contributed by atoms with Gasteiger partial charge in [0.15, 0.2) is 0 Å². The van der Waals surface area contributed by atoms with Crippen LogP contribution >= 0.6 is 36.4 Å². The molecule has 8 heteroatoms. The molecule has 2 atom stereocenters. The van der Waals surface area contributed by atoms with Crippen molar-refractivity contribution >= 4 is 42.3 Å². The molecule has 0 bridgehead atoms. The van der Waals surface area contributed by atoms with Crippen molar-refractivity contribution in [2.24, 2.45) is 11.7 Å². The van der Waals surface area contributed by atoms with Crippen LogP contribution in [0.1, 0.15) is 38.5 Å². The normalized spacial score (nSPS) is 23.2. The Bertz CT molecular complexity index is 581. The van der Waals surface area contributed by atoms with Gasteiger partial charge in [0.2, 0.25) is 5.91 Å². The van der Waals surface area contributed by atoms with Crippen molar-refractivity contribution in [3.05, 3.63) is 29.3 Å². The summed E-state index contributed by atoms with van der Waals surface area (Å²) < 4.78 is 5.76. The van der Waals surface area contributed by atoms with Crippen LogP contribution in [0.25, 0.3) is 0 Å². The average Bonchev–Trinajstić information content (AvgIpc) is 2.65. The lowest BCUT2D eigenvalue weighted by molar-refractivity contribution is -0.127. The van der Waals surface area contributed by atoms with Gasteiger partial charge in [0.1, 0.15) is 12.4 Å². The maximum atomic E-state index is 12.4. The van der Waals surface area contributed by atoms with Gasteiger partial charge in [-0.2, -0.15) is 0 Å². The number of piperidine rings is 1. The molecular weight excluding hydrogens is 421 g/mol. The summed E-state index contributed by atoms with van der Waals surface area (Å²) in [6, 6.07) is 7.95. The van der Waals surface area contributed by atoms with Crippen molar-refractivity contribution in [3.63, 3.8) is 0 Å². The number of nitrogens with zero attached hydrogens (tertiary/aromatic N) is 1. The fourth-order valence-corrected chi connectivity index (χ4v) is 4.04. The molecule has 2 unspecified atom stereocenters. The number of carbonyl (C=O) groups is 1. The minimum absolute atomic E-state index is 0. The highest BCUT2D eigenvalue weighted by Crippen LogP contribution is 2.24. The zero-order valence-electron chi connectivity index (χ0n) is 16.1. The monoisotopic (exact) mass is 451 g/mol. The third-order valence-electron chi connectivity index (χ3n) is 5.51. The van der Waals surface area contributed by atoms with Crippen LogP contribution in [0.5, 0.6) is 5.75 Å². The molecule has 1 aromatic rings. The number of likely N-dealkylation sites (tertiary alicyclic amines) is 1. The van der Waals surface area contributed by atoms with Crippen LogP contribution in [-0.2, 0) is 4.79 Å². The van der Waals surface area contributed by atoms with Gasteiger partial charge in [-0.05, 0) is 56.4 Å². The number of hydrogen-bond donors (Lipinski definition) is 2. The minimum Gasteiger partial charge on any atom is -0.492 e. The fraction of sp³-hybridized carbons (Fsp3) is 0.650. The summed E-state index contributed by atoms with van der Waals surface area (Å²) in [6.45, 7) is 3.57. The summed E-state index contributed by atoms with van der Waals surface area (Å²) in [6.07, 6.45) is 5.97. The van der Waals surface area contributed by atoms with E-state index in [2.05, 4.69) is 10.2 Å². The van der Waals surface area contributed by atoms with E-state index in [0.717, 1.165) is 68.9 Å². The molecule has 1 aliphatic heterocycles. The number of benzene rings is 1. The summed E-state index contributed by atoms with van der Waals surface area (Å²) >= 11 is 5.87. The highest BCUT2D eigenvalue weighted by molar-refractivity contribution is 6.30. The van der Waals surface area contributed by atoms with Crippen LogP contribution in [-0.4, -0.2) is 49.1 Å². The first-order valence-corrected chi connectivity index (χ1v) is 10.1. The number of rotatable bonds is 6. The molecule has 3 rings (SSSR count). The van der Waals surface area contributed by atoms with Crippen molar-refractivity contribution in [1.29, 1.82) is 0 Å². The number of nitrogens with one attached hydrogen (secondary N) is 1. The summed E-state index contributed by atoms with van der Waals surface area (Å²) in [5.74, 6) is 1.18. The minimum atomic E-state index is 0. The Balaban J connectivity index is 0.00000196. The molecule has 2 aliphatic rings. The predicted molar refractivity (Wildman–Crippen MR) is 119 cm³/mol. The first-order chi connectivity index (χ1) is 12.6. The van der Waals surface area contributed by atoms with E-state index >= 15 is 0 Å². The molecule has 1 aromatic carbocycles. The van der Waals surface area contributed by atoms with Crippen molar-refractivity contribution in [1.82, 2.24) is 10.2 Å². The Hall–Kier alpha value is -0.720. The summed E-state index contributed by atoms with van der Waals surface area (Å²) in [5, 5.41) is 3.97. The maximum absolute atomic E-state index is 12.4. The number of ether oxygens (including phenoxy) is 1. The molecule has 0 radical (unpaired) electrons. The van der Waals surface area contributed by atoms with E-state index in [1.165, 1.54) is 0 Å². The van der Waals surface area contributed by atoms with Gasteiger partial charge in [-0.1, -0.05) is 18.0 Å². The molecular formula is C20H32Cl3N3O2. The molecule has 1 saturated carbocycles. The molecule has 5 nitrogen and oxygen atoms in total. The molecule has 1 saturated heterocycles. The fourth-order valence-electron chi connectivity index (χ4n) is 3.91. The lowest BCUT2D eigenvalue weighted by Gasteiger charge is -2.34. The van der Waals surface area contributed by atoms with Crippen molar-refractivity contribution in [3.8, 4) is 5.75 Å². The van der Waals surface area contributed by atoms with Gasteiger partial charge in [-0.3, -0.25) is 9.69 Å². The predicted octanol–water partition coefficient (Wildman–Crippen LogP) is 3.66. The lowest BCUT2D eigenvalue weighted by atomic mass is 9.85. The first-order valence-electron chi connectivity index (χ1n) is 9.77. The van der Waals surface area contributed by atoms with Gasteiger partial charge >= 0.3 is 0 Å². The molecule has 28 heavy (non-hydrogen) atoms. The van der Waals surface area contributed by atoms with Crippen molar-refractivity contribution in [2.45, 2.75) is 50.6 Å². The van der Waals surface area contributed by atoms with E-state index in [1.807, 2.05) is 24.3 Å². The maximum Gasteiger partial charge on any atom is 0.223 e. The van der Waals surface area contributed by atoms with Crippen LogP contribution in [0.4, 0.5) is 0 Å². The first kappa shape index (κ1) is 25.3. The van der Waals surface area contributed by atoms with Crippen LogP contribution in [0, 0.1) is 5.92 Å². The topological polar surface area (TPSA) is 67.6 Å². The Morgan fingerprint density at radius 3 is 2.46 bits per heavy atom. The number of amides is 1. The zero-order chi connectivity index (χ0) is 18.4. The zero-order valence-corrected chi connectivity index (χ0v) is 18.5. The Morgan fingerprint density at radius 1 is 1.14 bits per heavy atom. The second-order valence-electron chi connectivity index (χ2n) is 7.55. The standard InChI is InChI=1S/C20H30ClN3O2.2ClH/c21-16-4-6-19(7-5-16)26-13-12-24-10-8-18(9-11-24)23-20(25)15-2-1-3-17(22)14-15;;/h4-7,15,17-18H,1-3,8-14,22H2,(H,23,25);2*1H. The van der Waals surface area contributed by atoms with E-state index in [4.69, 9.17) is 22.1 Å². The number of carbonyl (C=O) groups excluding carboxylic acids is 1. The quantitative estimate of drug-likeness (QED) is 0.691. The van der Waals surface area contributed by atoms with Gasteiger partial charge in [0.05, 0.1) is 0 Å². The average molecular weight is 453 g/mol. The van der Waals surface area contributed by atoms with Crippen molar-refractivity contribution in [2.75, 3.05) is 26.2 Å². The Kier molecular flexibility index (Phi) is 11.5. The van der Waals surface area contributed by atoms with E-state index in [-0.39, 0.29) is 42.7 Å². The van der Waals surface area contributed by atoms with Gasteiger partial charge in [0, 0.05) is 42.7 Å². The molecule has 1 heterocycles. The Labute approximate surface area is 185 Å². The second-order valence-corrected chi connectivity index (χ2v) is 7.99. The second kappa shape index (κ2) is 12.8. The van der Waals surface area contributed by atoms with Crippen LogP contribution < -0.4 is 15.8 Å². The molecule has 1 amide bonds. The number of nitrogens with two attached hydrogens (primary N) is 1. The van der Waals surface area contributed by atoms with Gasteiger partial charge in [-0.25, -0.2) is 0 Å². The van der Waals surface area contributed by atoms with Crippen LogP contribution in [0.15, 0.2) is 24.3 Å². The SMILES string of the molecule is Cl.Cl.NC1CCCC(C(=O)NC2CCN(CCOc3ccc(Cl)cc3)CC2)C1. The smallest absolute Gasteiger partial charge is 0.223 e. The largest absolute Gasteiger partial charge is 0.492 e. The highest BCUT2D eigenvalue weighted by atomic mass is 35.5. The molecule has 0 spiro atoms. The third-order valence-corrected chi connectivity index (χ3v) is 5.76. The number of hydrogen-bond acceptors (Lipinski definition) is 4. The van der Waals surface area contributed by atoms with E-state index in [1.54, 1.807) is 0 Å². The van der Waals surface area contributed by atoms with Crippen LogP contribution in [0.3, 0.4) is 0 Å². The summed E-state index contributed by atoms with van der Waals surface area (Å²) in [4.78, 5) is 14.8. The highest BCUT2D eigenvalue weighted by Gasteiger charge is 2.28. The molecule has 0 aromatic heterocycles. The molecule has 3 N–H and O–H groups in total. The lowest BCUT2D eigenvalue weighted by Crippen LogP contribution is -2.48. The van der Waals surface area contributed by atoms with E-state index in [9.17, 15) is 4.79 Å². The van der Waals surface area contributed by atoms with E-state index in [0.29, 0.717) is 12.6 Å². The molecule has 160 valence electrons. The third kappa shape index (κ3) is 7.96. The van der Waals surface area contributed by atoms with Crippen LogP contribution in [0.2, 0.25) is 5.02 Å². The van der Waals surface area contributed by atoms with Crippen molar-refractivity contribution < 1.29 is 9.53 Å². The van der Waals surface area contributed by atoms with Gasteiger partial charge in [-0.15, -0.1) is 24.8 Å². The Morgan fingerprint density at radius 2 is 1.82 bits per heavy atom. The molecule has 2 fully saturated rings.